The van der Waals surface area contributed by atoms with Crippen LogP contribution in [0.5, 0.6) is 0 Å². The van der Waals surface area contributed by atoms with Crippen LogP contribution in [0.25, 0.3) is 0 Å². The smallest absolute Gasteiger partial charge is 0.0576 e. The van der Waals surface area contributed by atoms with E-state index in [9.17, 15) is 0 Å². The van der Waals surface area contributed by atoms with E-state index in [-0.39, 0.29) is 0 Å². The summed E-state index contributed by atoms with van der Waals surface area (Å²) >= 11 is 0. The van der Waals surface area contributed by atoms with Gasteiger partial charge in [0.1, 0.15) is 0 Å². The molecule has 0 amide bonds. The summed E-state index contributed by atoms with van der Waals surface area (Å²) in [7, 11) is -0.517. The Morgan fingerprint density at radius 1 is 1.00 bits per heavy atom. The second kappa shape index (κ2) is 1.98. The van der Waals surface area contributed by atoms with E-state index < -0.39 is 8.07 Å². The summed E-state index contributed by atoms with van der Waals surface area (Å²) in [5.41, 5.74) is 0. The van der Waals surface area contributed by atoms with Crippen molar-refractivity contribution in [2.24, 2.45) is 0 Å². The van der Waals surface area contributed by atoms with Crippen molar-refractivity contribution in [3.05, 3.63) is 12.2 Å². The molecule has 0 atom stereocenters. The molecule has 50 valence electrons. The minimum atomic E-state index is -0.517. The van der Waals surface area contributed by atoms with Crippen LogP contribution in [0.2, 0.25) is 24.2 Å². The van der Waals surface area contributed by atoms with Crippen LogP contribution in [-0.4, -0.2) is 8.07 Å². The van der Waals surface area contributed by atoms with Gasteiger partial charge in [-0.3, -0.25) is 0 Å². The van der Waals surface area contributed by atoms with Crippen LogP contribution < -0.4 is 0 Å². The monoisotopic (exact) mass is 138 g/mol. The highest BCUT2D eigenvalue weighted by molar-refractivity contribution is 6.82. The zero-order valence-corrected chi connectivity index (χ0v) is 6.90. The van der Waals surface area contributed by atoms with Gasteiger partial charge in [0.05, 0.1) is 8.07 Å². The van der Waals surface area contributed by atoms with Crippen LogP contribution in [0.4, 0.5) is 0 Å². The molecule has 0 bridgehead atoms. The molecule has 0 aromatic carbocycles. The Bertz CT molecular complexity index is 134. The van der Waals surface area contributed by atoms with Gasteiger partial charge in [-0.1, -0.05) is 36.7 Å². The summed E-state index contributed by atoms with van der Waals surface area (Å²) in [6, 6.07) is 6.44. The van der Waals surface area contributed by atoms with Gasteiger partial charge in [0, 0.05) is 0 Å². The van der Waals surface area contributed by atoms with Gasteiger partial charge >= 0.3 is 0 Å². The number of hydrogen-bond donors (Lipinski definition) is 0. The summed E-state index contributed by atoms with van der Waals surface area (Å²) in [5.74, 6) is 0. The molecule has 0 aromatic rings. The van der Waals surface area contributed by atoms with Crippen LogP contribution in [0.15, 0.2) is 12.2 Å². The van der Waals surface area contributed by atoms with E-state index in [0.717, 1.165) is 0 Å². The first-order valence-electron chi connectivity index (χ1n) is 4.06. The van der Waals surface area contributed by atoms with Gasteiger partial charge in [-0.05, 0) is 12.5 Å². The molecule has 0 aromatic heterocycles. The summed E-state index contributed by atoms with van der Waals surface area (Å²) in [5, 5.41) is 0. The quantitative estimate of drug-likeness (QED) is 0.357. The average Bonchev–Trinajstić information content (AvgIpc) is 1.87. The average molecular weight is 138 g/mol. The van der Waals surface area contributed by atoms with Crippen molar-refractivity contribution in [2.45, 2.75) is 37.0 Å². The van der Waals surface area contributed by atoms with Crippen molar-refractivity contribution in [2.75, 3.05) is 0 Å². The number of rotatable bonds is 0. The minimum absolute atomic E-state index is 0.517. The van der Waals surface area contributed by atoms with Crippen molar-refractivity contribution in [3.63, 3.8) is 0 Å². The van der Waals surface area contributed by atoms with Crippen molar-refractivity contribution < 1.29 is 0 Å². The Labute approximate surface area is 58.0 Å². The predicted molar refractivity (Wildman–Crippen MR) is 43.4 cm³/mol. The summed E-state index contributed by atoms with van der Waals surface area (Å²) in [6.45, 7) is 0. The molecule has 0 N–H and O–H groups in total. The van der Waals surface area contributed by atoms with E-state index in [1.54, 1.807) is 24.6 Å². The maximum atomic E-state index is 2.44. The Morgan fingerprint density at radius 2 is 1.89 bits per heavy atom. The molecule has 1 fully saturated rings. The molecule has 0 unspecified atom stereocenters. The Hall–Kier alpha value is -0.0431. The number of allylic oxidation sites excluding steroid dienone is 2. The molecule has 9 heavy (non-hydrogen) atoms. The lowest BCUT2D eigenvalue weighted by Crippen LogP contribution is -2.41. The van der Waals surface area contributed by atoms with Crippen LogP contribution in [-0.2, 0) is 0 Å². The molecule has 2 rings (SSSR count). The molecule has 0 radical (unpaired) electrons. The highest BCUT2D eigenvalue weighted by atomic mass is 28.3. The van der Waals surface area contributed by atoms with E-state index in [4.69, 9.17) is 0 Å². The standard InChI is InChI=1S/C8H14Si/c1-2-5-9(6-3-1)7-4-8-9/h1-2H,3-8H2. The molecular weight excluding hydrogens is 124 g/mol. The minimum Gasteiger partial charge on any atom is -0.0912 e. The first-order valence-corrected chi connectivity index (χ1v) is 6.89. The molecule has 2 aliphatic rings. The molecule has 0 aliphatic carbocycles. The zero-order chi connectivity index (χ0) is 6.16. The van der Waals surface area contributed by atoms with Gasteiger partial charge in [-0.25, -0.2) is 0 Å². The van der Waals surface area contributed by atoms with E-state index in [1.807, 2.05) is 0 Å². The zero-order valence-electron chi connectivity index (χ0n) is 5.90. The third kappa shape index (κ3) is 0.876. The summed E-state index contributed by atoms with van der Waals surface area (Å²) in [6.07, 6.45) is 7.78. The van der Waals surface area contributed by atoms with Crippen molar-refractivity contribution >= 4 is 8.07 Å². The molecule has 0 saturated carbocycles. The van der Waals surface area contributed by atoms with Crippen LogP contribution in [0, 0.1) is 0 Å². The SMILES string of the molecule is C1=CC[Si]2(CC1)CCC2. The Balaban J connectivity index is 2.04. The highest BCUT2D eigenvalue weighted by Gasteiger charge is 2.38. The fourth-order valence-electron chi connectivity index (χ4n) is 2.07. The van der Waals surface area contributed by atoms with Crippen LogP contribution in [0.1, 0.15) is 12.8 Å². The van der Waals surface area contributed by atoms with Crippen molar-refractivity contribution in [1.82, 2.24) is 0 Å². The van der Waals surface area contributed by atoms with Gasteiger partial charge in [-0.2, -0.15) is 0 Å². The lowest BCUT2D eigenvalue weighted by Gasteiger charge is -2.40. The molecule has 1 spiro atoms. The molecule has 0 nitrogen and oxygen atoms in total. The maximum Gasteiger partial charge on any atom is 0.0576 e. The van der Waals surface area contributed by atoms with E-state index >= 15 is 0 Å². The number of hydrogen-bond acceptors (Lipinski definition) is 0. The second-order valence-electron chi connectivity index (χ2n) is 3.57. The van der Waals surface area contributed by atoms with E-state index in [2.05, 4.69) is 12.2 Å². The first kappa shape index (κ1) is 5.72. The first-order chi connectivity index (χ1) is 4.41. The molecule has 2 heterocycles. The fourth-order valence-corrected chi connectivity index (χ4v) is 5.99. The lowest BCUT2D eigenvalue weighted by atomic mass is 10.4. The third-order valence-corrected chi connectivity index (χ3v) is 8.25. The predicted octanol–water partition coefficient (Wildman–Crippen LogP) is 2.80. The van der Waals surface area contributed by atoms with E-state index in [0.29, 0.717) is 0 Å². The molecular formula is C8H14Si. The Morgan fingerprint density at radius 3 is 2.22 bits per heavy atom. The largest absolute Gasteiger partial charge is 0.0912 e. The van der Waals surface area contributed by atoms with Gasteiger partial charge in [0.15, 0.2) is 0 Å². The second-order valence-corrected chi connectivity index (χ2v) is 8.48. The van der Waals surface area contributed by atoms with Crippen LogP contribution >= 0.6 is 0 Å². The third-order valence-electron chi connectivity index (χ3n) is 2.97. The van der Waals surface area contributed by atoms with Crippen LogP contribution in [0.3, 0.4) is 0 Å². The van der Waals surface area contributed by atoms with Gasteiger partial charge in [0.25, 0.3) is 0 Å². The molecule has 1 heteroatoms. The van der Waals surface area contributed by atoms with Crippen molar-refractivity contribution in [1.29, 1.82) is 0 Å². The van der Waals surface area contributed by atoms with Gasteiger partial charge in [0.2, 0.25) is 0 Å². The van der Waals surface area contributed by atoms with E-state index in [1.165, 1.54) is 12.5 Å². The fraction of sp³-hybridized carbons (Fsp3) is 0.750. The molecule has 2 aliphatic heterocycles. The Kier molecular flexibility index (Phi) is 1.26. The lowest BCUT2D eigenvalue weighted by molar-refractivity contribution is 0.848. The van der Waals surface area contributed by atoms with Gasteiger partial charge < -0.3 is 0 Å². The van der Waals surface area contributed by atoms with Crippen molar-refractivity contribution in [3.8, 4) is 0 Å². The highest BCUT2D eigenvalue weighted by Crippen LogP contribution is 2.42. The normalized spacial score (nSPS) is 30.2. The molecule has 1 saturated heterocycles. The maximum absolute atomic E-state index is 2.44. The topological polar surface area (TPSA) is 0 Å². The van der Waals surface area contributed by atoms with Gasteiger partial charge in [-0.15, -0.1) is 0 Å². The summed E-state index contributed by atoms with van der Waals surface area (Å²) < 4.78 is 0. The summed E-state index contributed by atoms with van der Waals surface area (Å²) in [4.78, 5) is 0.